The number of aliphatic hydroxyl groups is 1. The summed E-state index contributed by atoms with van der Waals surface area (Å²) in [5, 5.41) is 11.8. The molecular formula is C19H27N3O3. The normalized spacial score (nSPS) is 14.9. The molecule has 25 heavy (non-hydrogen) atoms. The largest absolute Gasteiger partial charge is 0.395 e. The predicted molar refractivity (Wildman–Crippen MR) is 98.6 cm³/mol. The fourth-order valence-electron chi connectivity index (χ4n) is 2.85. The Morgan fingerprint density at radius 3 is 2.52 bits per heavy atom. The summed E-state index contributed by atoms with van der Waals surface area (Å²) < 4.78 is 0. The van der Waals surface area contributed by atoms with Gasteiger partial charge in [0.05, 0.1) is 6.61 Å². The van der Waals surface area contributed by atoms with E-state index in [0.29, 0.717) is 23.7 Å². The smallest absolute Gasteiger partial charge is 0.322 e. The Labute approximate surface area is 149 Å². The topological polar surface area (TPSA) is 72.9 Å². The minimum atomic E-state index is -0.307. The molecule has 1 aliphatic heterocycles. The molecule has 6 nitrogen and oxygen atoms in total. The number of benzene rings is 1. The summed E-state index contributed by atoms with van der Waals surface area (Å²) in [6.07, 6.45) is 3.70. The fraction of sp³-hybridized carbons (Fsp3) is 0.474. The quantitative estimate of drug-likeness (QED) is 0.778. The Morgan fingerprint density at radius 1 is 1.32 bits per heavy atom. The molecule has 0 atom stereocenters. The molecule has 1 aromatic rings. The van der Waals surface area contributed by atoms with E-state index in [4.69, 9.17) is 5.11 Å². The number of hydrogen-bond donors (Lipinski definition) is 2. The van der Waals surface area contributed by atoms with Gasteiger partial charge in [0.1, 0.15) is 0 Å². The second-order valence-electron chi connectivity index (χ2n) is 6.44. The van der Waals surface area contributed by atoms with Crippen LogP contribution in [0.5, 0.6) is 0 Å². The molecule has 136 valence electrons. The summed E-state index contributed by atoms with van der Waals surface area (Å²) in [4.78, 5) is 28.0. The van der Waals surface area contributed by atoms with Crippen LogP contribution >= 0.6 is 0 Å². The Hall–Kier alpha value is -2.34. The number of rotatable bonds is 6. The van der Waals surface area contributed by atoms with Gasteiger partial charge in [-0.1, -0.05) is 13.0 Å². The Balaban J connectivity index is 1.95. The molecule has 3 amide bonds. The highest BCUT2D eigenvalue weighted by molar-refractivity contribution is 5.95. The predicted octanol–water partition coefficient (Wildman–Crippen LogP) is 2.57. The Bertz CT molecular complexity index is 592. The number of nitrogens with one attached hydrogen (secondary N) is 1. The first-order valence-corrected chi connectivity index (χ1v) is 8.72. The second-order valence-corrected chi connectivity index (χ2v) is 6.44. The molecule has 0 spiro atoms. The summed E-state index contributed by atoms with van der Waals surface area (Å²) in [5.74, 6) is 0.720. The van der Waals surface area contributed by atoms with Crippen LogP contribution in [-0.4, -0.2) is 59.6 Å². The van der Waals surface area contributed by atoms with Crippen molar-refractivity contribution in [3.63, 3.8) is 0 Å². The van der Waals surface area contributed by atoms with Crippen LogP contribution in [-0.2, 0) is 0 Å². The average molecular weight is 345 g/mol. The lowest BCUT2D eigenvalue weighted by molar-refractivity contribution is 0.0697. The summed E-state index contributed by atoms with van der Waals surface area (Å²) in [5.41, 5.74) is 1.24. The van der Waals surface area contributed by atoms with Crippen LogP contribution in [0.25, 0.3) is 0 Å². The maximum Gasteiger partial charge on any atom is 0.322 e. The zero-order chi connectivity index (χ0) is 18.2. The van der Waals surface area contributed by atoms with E-state index < -0.39 is 0 Å². The third kappa shape index (κ3) is 5.32. The number of nitrogens with zero attached hydrogens (tertiary/aromatic N) is 2. The van der Waals surface area contributed by atoms with Crippen molar-refractivity contribution in [2.45, 2.75) is 19.8 Å². The van der Waals surface area contributed by atoms with Gasteiger partial charge in [0, 0.05) is 37.4 Å². The van der Waals surface area contributed by atoms with Gasteiger partial charge in [0.25, 0.3) is 5.91 Å². The summed E-state index contributed by atoms with van der Waals surface area (Å²) in [6, 6.07) is 6.61. The number of anilines is 1. The van der Waals surface area contributed by atoms with Crippen molar-refractivity contribution in [2.75, 3.05) is 38.1 Å². The first kappa shape index (κ1) is 19.0. The van der Waals surface area contributed by atoms with E-state index in [-0.39, 0.29) is 25.1 Å². The van der Waals surface area contributed by atoms with Gasteiger partial charge in [-0.3, -0.25) is 4.79 Å². The summed E-state index contributed by atoms with van der Waals surface area (Å²) >= 11 is 0. The number of aliphatic hydroxyl groups excluding tert-OH is 1. The highest BCUT2D eigenvalue weighted by Gasteiger charge is 2.21. The Morgan fingerprint density at radius 2 is 1.96 bits per heavy atom. The lowest BCUT2D eigenvalue weighted by Crippen LogP contribution is -2.38. The fourth-order valence-corrected chi connectivity index (χ4v) is 2.85. The SMILES string of the molecule is C=CCN(CCO)C(=O)Nc1ccc(C(=O)N2CCC(C)CC2)cc1. The molecule has 1 aliphatic rings. The minimum Gasteiger partial charge on any atom is -0.395 e. The molecule has 1 aromatic carbocycles. The lowest BCUT2D eigenvalue weighted by atomic mass is 9.98. The van der Waals surface area contributed by atoms with Crippen LogP contribution in [0.3, 0.4) is 0 Å². The van der Waals surface area contributed by atoms with E-state index in [9.17, 15) is 9.59 Å². The molecule has 0 radical (unpaired) electrons. The van der Waals surface area contributed by atoms with Crippen molar-refractivity contribution in [1.29, 1.82) is 0 Å². The maximum atomic E-state index is 12.5. The van der Waals surface area contributed by atoms with Gasteiger partial charge in [0.2, 0.25) is 0 Å². The first-order valence-electron chi connectivity index (χ1n) is 8.72. The van der Waals surface area contributed by atoms with Crippen molar-refractivity contribution in [3.05, 3.63) is 42.5 Å². The molecule has 1 heterocycles. The standard InChI is InChI=1S/C19H27N3O3/c1-3-10-22(13-14-23)19(25)20-17-6-4-16(5-7-17)18(24)21-11-8-15(2)9-12-21/h3-7,15,23H,1,8-14H2,2H3,(H,20,25). The van der Waals surface area contributed by atoms with Crippen LogP contribution in [0.1, 0.15) is 30.1 Å². The zero-order valence-corrected chi connectivity index (χ0v) is 14.8. The molecule has 1 saturated heterocycles. The van der Waals surface area contributed by atoms with Crippen LogP contribution in [0.15, 0.2) is 36.9 Å². The van der Waals surface area contributed by atoms with Crippen LogP contribution in [0.2, 0.25) is 0 Å². The molecule has 0 aromatic heterocycles. The molecule has 1 fully saturated rings. The summed E-state index contributed by atoms with van der Waals surface area (Å²) in [6.45, 7) is 7.91. The number of carbonyl (C=O) groups excluding carboxylic acids is 2. The second kappa shape index (κ2) is 9.22. The molecule has 0 unspecified atom stereocenters. The number of urea groups is 1. The molecule has 0 saturated carbocycles. The van der Waals surface area contributed by atoms with Gasteiger partial charge in [-0.15, -0.1) is 6.58 Å². The number of carbonyl (C=O) groups is 2. The third-order valence-electron chi connectivity index (χ3n) is 4.46. The van der Waals surface area contributed by atoms with Crippen molar-refractivity contribution in [2.24, 2.45) is 5.92 Å². The molecule has 0 bridgehead atoms. The van der Waals surface area contributed by atoms with E-state index in [1.807, 2.05) is 4.90 Å². The summed E-state index contributed by atoms with van der Waals surface area (Å²) in [7, 11) is 0. The molecule has 2 N–H and O–H groups in total. The van der Waals surface area contributed by atoms with Gasteiger partial charge in [-0.05, 0) is 43.0 Å². The van der Waals surface area contributed by atoms with E-state index in [1.54, 1.807) is 30.3 Å². The zero-order valence-electron chi connectivity index (χ0n) is 14.8. The van der Waals surface area contributed by atoms with Gasteiger partial charge in [-0.25, -0.2) is 4.79 Å². The first-order chi connectivity index (χ1) is 12.0. The van der Waals surface area contributed by atoms with Crippen LogP contribution in [0, 0.1) is 5.92 Å². The van der Waals surface area contributed by atoms with Crippen molar-refractivity contribution in [3.8, 4) is 0 Å². The Kier molecular flexibility index (Phi) is 7.01. The van der Waals surface area contributed by atoms with Crippen molar-refractivity contribution in [1.82, 2.24) is 9.80 Å². The van der Waals surface area contributed by atoms with E-state index in [0.717, 1.165) is 25.9 Å². The highest BCUT2D eigenvalue weighted by Crippen LogP contribution is 2.19. The monoisotopic (exact) mass is 345 g/mol. The molecule has 2 rings (SSSR count). The van der Waals surface area contributed by atoms with Gasteiger partial charge < -0.3 is 20.2 Å². The van der Waals surface area contributed by atoms with E-state index in [2.05, 4.69) is 18.8 Å². The number of likely N-dealkylation sites (tertiary alicyclic amines) is 1. The average Bonchev–Trinajstić information content (AvgIpc) is 2.62. The molecular weight excluding hydrogens is 318 g/mol. The number of amides is 3. The minimum absolute atomic E-state index is 0.0401. The number of piperidine rings is 1. The van der Waals surface area contributed by atoms with Gasteiger partial charge in [0.15, 0.2) is 0 Å². The lowest BCUT2D eigenvalue weighted by Gasteiger charge is -2.30. The van der Waals surface area contributed by atoms with Crippen LogP contribution < -0.4 is 5.32 Å². The van der Waals surface area contributed by atoms with E-state index >= 15 is 0 Å². The molecule has 0 aliphatic carbocycles. The van der Waals surface area contributed by atoms with Gasteiger partial charge >= 0.3 is 6.03 Å². The number of hydrogen-bond acceptors (Lipinski definition) is 3. The van der Waals surface area contributed by atoms with Gasteiger partial charge in [-0.2, -0.15) is 0 Å². The van der Waals surface area contributed by atoms with Crippen molar-refractivity contribution >= 4 is 17.6 Å². The van der Waals surface area contributed by atoms with Crippen molar-refractivity contribution < 1.29 is 14.7 Å². The van der Waals surface area contributed by atoms with E-state index in [1.165, 1.54) is 4.90 Å². The maximum absolute atomic E-state index is 12.5. The van der Waals surface area contributed by atoms with Crippen LogP contribution in [0.4, 0.5) is 10.5 Å². The third-order valence-corrected chi connectivity index (χ3v) is 4.46. The highest BCUT2D eigenvalue weighted by atomic mass is 16.3. The molecule has 6 heteroatoms.